The lowest BCUT2D eigenvalue weighted by molar-refractivity contribution is -0.120. The zero-order valence-corrected chi connectivity index (χ0v) is 17.5. The topological polar surface area (TPSA) is 73.2 Å². The molecule has 0 aromatic carbocycles. The van der Waals surface area contributed by atoms with Crippen molar-refractivity contribution in [2.45, 2.75) is 39.8 Å². The number of pyridine rings is 1. The van der Waals surface area contributed by atoms with E-state index in [1.165, 1.54) is 5.56 Å². The summed E-state index contributed by atoms with van der Waals surface area (Å²) in [4.78, 5) is 30.4. The summed E-state index contributed by atoms with van der Waals surface area (Å²) in [6.07, 6.45) is 3.95. The quantitative estimate of drug-likeness (QED) is 0.833. The lowest BCUT2D eigenvalue weighted by atomic mass is 10.1. The maximum atomic E-state index is 12.2. The number of hydrogen-bond donors (Lipinski definition) is 1. The Morgan fingerprint density at radius 2 is 2.07 bits per heavy atom. The second-order valence-electron chi connectivity index (χ2n) is 8.62. The lowest BCUT2D eigenvalue weighted by Crippen LogP contribution is -2.52. The second kappa shape index (κ2) is 8.12. The first kappa shape index (κ1) is 19.8. The summed E-state index contributed by atoms with van der Waals surface area (Å²) in [5.41, 5.74) is 2.83. The van der Waals surface area contributed by atoms with E-state index >= 15 is 0 Å². The maximum Gasteiger partial charge on any atom is 0.328 e. The number of carbonyl (C=O) groups excluding carboxylic acids is 2. The van der Waals surface area contributed by atoms with Gasteiger partial charge in [0.25, 0.3) is 0 Å². The number of carbonyl (C=O) groups is 2. The summed E-state index contributed by atoms with van der Waals surface area (Å²) >= 11 is 0. The maximum absolute atomic E-state index is 12.2. The summed E-state index contributed by atoms with van der Waals surface area (Å²) in [7, 11) is 0. The predicted octanol–water partition coefficient (Wildman–Crippen LogP) is 1.94. The number of nitrogens with zero attached hydrogens (tertiary/aromatic N) is 5. The van der Waals surface area contributed by atoms with Gasteiger partial charge in [-0.2, -0.15) is 5.10 Å². The van der Waals surface area contributed by atoms with E-state index in [0.717, 1.165) is 43.9 Å². The van der Waals surface area contributed by atoms with Gasteiger partial charge in [0.1, 0.15) is 0 Å². The molecule has 2 fully saturated rings. The molecule has 2 aliphatic heterocycles. The number of urea groups is 1. The van der Waals surface area contributed by atoms with Crippen LogP contribution in [-0.4, -0.2) is 70.1 Å². The van der Waals surface area contributed by atoms with E-state index in [9.17, 15) is 9.59 Å². The molecule has 0 unspecified atom stereocenters. The number of nitrogens with one attached hydrogen (secondary N) is 1. The van der Waals surface area contributed by atoms with Gasteiger partial charge >= 0.3 is 6.03 Å². The van der Waals surface area contributed by atoms with Crippen LogP contribution in [0.15, 0.2) is 24.5 Å². The minimum Gasteiger partial charge on any atom is -0.300 e. The average molecular weight is 399 g/mol. The number of rotatable bonds is 5. The highest BCUT2D eigenvalue weighted by Gasteiger charge is 2.27. The number of imide groups is 1. The van der Waals surface area contributed by atoms with Crippen molar-refractivity contribution < 1.29 is 9.59 Å². The Balaban J connectivity index is 1.49. The highest BCUT2D eigenvalue weighted by atomic mass is 16.2. The molecule has 1 N–H and O–H groups in total. The van der Waals surface area contributed by atoms with Crippen molar-refractivity contribution >= 4 is 23.1 Å². The molecule has 2 aliphatic rings. The number of hydrogen-bond acceptors (Lipinski definition) is 5. The minimum absolute atomic E-state index is 0.228. The number of amides is 3. The molecule has 1 atom stereocenters. The molecule has 4 heterocycles. The highest BCUT2D eigenvalue weighted by Crippen LogP contribution is 2.25. The molecule has 8 nitrogen and oxygen atoms in total. The van der Waals surface area contributed by atoms with Crippen LogP contribution < -0.4 is 10.2 Å². The SMILES string of the molecule is CC(C)CN1CCN(Cc2ccn3ncc(N4CCC(=O)NC4=O)c3c2)[C@@H](C)C1. The van der Waals surface area contributed by atoms with E-state index < -0.39 is 0 Å². The van der Waals surface area contributed by atoms with Gasteiger partial charge in [0.05, 0.1) is 17.4 Å². The summed E-state index contributed by atoms with van der Waals surface area (Å²) in [6.45, 7) is 12.5. The van der Waals surface area contributed by atoms with Gasteiger partial charge in [-0.3, -0.25) is 19.9 Å². The number of piperazine rings is 1. The van der Waals surface area contributed by atoms with Gasteiger partial charge in [-0.1, -0.05) is 13.8 Å². The van der Waals surface area contributed by atoms with Crippen LogP contribution in [0.4, 0.5) is 10.5 Å². The zero-order chi connectivity index (χ0) is 20.5. The van der Waals surface area contributed by atoms with Crippen molar-refractivity contribution in [1.29, 1.82) is 0 Å². The Kier molecular flexibility index (Phi) is 5.56. The molecule has 3 amide bonds. The molecule has 0 saturated carbocycles. The van der Waals surface area contributed by atoms with Crippen LogP contribution in [-0.2, 0) is 11.3 Å². The molecule has 29 heavy (non-hydrogen) atoms. The first-order chi connectivity index (χ1) is 13.9. The third-order valence-corrected chi connectivity index (χ3v) is 5.77. The van der Waals surface area contributed by atoms with Crippen molar-refractivity contribution in [2.75, 3.05) is 37.6 Å². The Hall–Kier alpha value is -2.45. The summed E-state index contributed by atoms with van der Waals surface area (Å²) in [6, 6.07) is 4.33. The van der Waals surface area contributed by atoms with Gasteiger partial charge in [-0.25, -0.2) is 9.31 Å². The Morgan fingerprint density at radius 1 is 1.24 bits per heavy atom. The monoisotopic (exact) mass is 398 g/mol. The van der Waals surface area contributed by atoms with Crippen molar-refractivity contribution in [1.82, 2.24) is 24.7 Å². The van der Waals surface area contributed by atoms with E-state index in [2.05, 4.69) is 53.1 Å². The molecule has 0 radical (unpaired) electrons. The van der Waals surface area contributed by atoms with E-state index in [4.69, 9.17) is 0 Å². The van der Waals surface area contributed by atoms with E-state index in [0.29, 0.717) is 24.9 Å². The molecule has 0 spiro atoms. The molecular formula is C21H30N6O2. The molecule has 2 aromatic rings. The van der Waals surface area contributed by atoms with Gasteiger partial charge in [-0.05, 0) is 30.5 Å². The first-order valence-electron chi connectivity index (χ1n) is 10.4. The van der Waals surface area contributed by atoms with Gasteiger partial charge < -0.3 is 4.90 Å². The molecule has 0 bridgehead atoms. The third-order valence-electron chi connectivity index (χ3n) is 5.77. The predicted molar refractivity (Wildman–Crippen MR) is 112 cm³/mol. The van der Waals surface area contributed by atoms with Crippen LogP contribution in [0, 0.1) is 5.92 Å². The van der Waals surface area contributed by atoms with E-state index in [-0.39, 0.29) is 11.9 Å². The second-order valence-corrected chi connectivity index (χ2v) is 8.62. The fraction of sp³-hybridized carbons (Fsp3) is 0.571. The summed E-state index contributed by atoms with van der Waals surface area (Å²) in [5, 5.41) is 6.76. The zero-order valence-electron chi connectivity index (χ0n) is 17.5. The molecule has 2 aromatic heterocycles. The fourth-order valence-corrected chi connectivity index (χ4v) is 4.33. The molecular weight excluding hydrogens is 368 g/mol. The number of aromatic nitrogens is 2. The average Bonchev–Trinajstić information content (AvgIpc) is 3.07. The Bertz CT molecular complexity index is 908. The molecule has 4 rings (SSSR count). The third kappa shape index (κ3) is 4.28. The van der Waals surface area contributed by atoms with Crippen LogP contribution in [0.25, 0.3) is 5.52 Å². The van der Waals surface area contributed by atoms with Crippen LogP contribution in [0.2, 0.25) is 0 Å². The van der Waals surface area contributed by atoms with Crippen molar-refractivity contribution in [3.05, 3.63) is 30.1 Å². The molecule has 2 saturated heterocycles. The standard InChI is InChI=1S/C21H30N6O2/c1-15(2)12-24-8-9-25(16(3)13-24)14-17-4-7-27-18(10-17)19(11-22-27)26-6-5-20(28)23-21(26)29/h4,7,10-11,15-16H,5-6,8-9,12-14H2,1-3H3,(H,23,28,29)/t16-/m0/s1. The van der Waals surface area contributed by atoms with Crippen molar-refractivity contribution in [2.24, 2.45) is 5.92 Å². The van der Waals surface area contributed by atoms with Gasteiger partial charge in [0.2, 0.25) is 5.91 Å². The summed E-state index contributed by atoms with van der Waals surface area (Å²) in [5.74, 6) is 0.465. The van der Waals surface area contributed by atoms with Crippen LogP contribution in [0.5, 0.6) is 0 Å². The lowest BCUT2D eigenvalue weighted by Gasteiger charge is -2.40. The smallest absolute Gasteiger partial charge is 0.300 e. The normalized spacial score (nSPS) is 21.9. The largest absolute Gasteiger partial charge is 0.328 e. The minimum atomic E-state index is -0.378. The highest BCUT2D eigenvalue weighted by molar-refractivity contribution is 6.07. The van der Waals surface area contributed by atoms with Crippen LogP contribution in [0.3, 0.4) is 0 Å². The van der Waals surface area contributed by atoms with Gasteiger partial charge in [0, 0.05) is 57.9 Å². The van der Waals surface area contributed by atoms with Gasteiger partial charge in [0.15, 0.2) is 0 Å². The van der Waals surface area contributed by atoms with Crippen LogP contribution in [0.1, 0.15) is 32.8 Å². The van der Waals surface area contributed by atoms with E-state index in [1.54, 1.807) is 15.6 Å². The van der Waals surface area contributed by atoms with Crippen LogP contribution >= 0.6 is 0 Å². The van der Waals surface area contributed by atoms with Crippen molar-refractivity contribution in [3.63, 3.8) is 0 Å². The Morgan fingerprint density at radius 3 is 2.79 bits per heavy atom. The van der Waals surface area contributed by atoms with Gasteiger partial charge in [-0.15, -0.1) is 0 Å². The Labute approximate surface area is 171 Å². The molecule has 0 aliphatic carbocycles. The number of anilines is 1. The molecule has 8 heteroatoms. The van der Waals surface area contributed by atoms with Crippen molar-refractivity contribution in [3.8, 4) is 0 Å². The number of fused-ring (bicyclic) bond motifs is 1. The molecule has 156 valence electrons. The summed E-state index contributed by atoms with van der Waals surface area (Å²) < 4.78 is 1.78. The first-order valence-corrected chi connectivity index (χ1v) is 10.4. The fourth-order valence-electron chi connectivity index (χ4n) is 4.33. The van der Waals surface area contributed by atoms with E-state index in [1.807, 2.05) is 6.20 Å².